The number of hydrogen-bond donors (Lipinski definition) is 1. The van der Waals surface area contributed by atoms with E-state index in [1.807, 2.05) is 10.3 Å². The average molecular weight is 312 g/mol. The summed E-state index contributed by atoms with van der Waals surface area (Å²) in [6.07, 6.45) is 3.44. The number of nitrogens with zero attached hydrogens (tertiary/aromatic N) is 2. The van der Waals surface area contributed by atoms with E-state index in [9.17, 15) is 4.79 Å². The summed E-state index contributed by atoms with van der Waals surface area (Å²) in [6.45, 7) is 1.46. The summed E-state index contributed by atoms with van der Waals surface area (Å²) in [6, 6.07) is 0.267. The number of aryl methyl sites for hydroxylation is 1. The minimum Gasteiger partial charge on any atom is -0.338 e. The summed E-state index contributed by atoms with van der Waals surface area (Å²) in [4.78, 5) is 18.1. The molecule has 2 heterocycles. The Hall–Kier alpha value is -0.360. The molecule has 0 spiro atoms. The van der Waals surface area contributed by atoms with Gasteiger partial charge < -0.3 is 10.6 Å². The quantitative estimate of drug-likeness (QED) is 0.923. The first-order chi connectivity index (χ1) is 7.81. The number of likely N-dealkylation sites (tertiary alicyclic amines) is 1. The molecule has 1 aromatic heterocycles. The van der Waals surface area contributed by atoms with E-state index in [0.29, 0.717) is 13.0 Å². The van der Waals surface area contributed by atoms with Gasteiger partial charge in [0.1, 0.15) is 0 Å². The molecule has 1 aliphatic heterocycles. The van der Waals surface area contributed by atoms with Gasteiger partial charge in [-0.05, 0) is 19.3 Å². The Bertz CT molecular complexity index is 348. The summed E-state index contributed by atoms with van der Waals surface area (Å²) in [5, 5.41) is 2.00. The van der Waals surface area contributed by atoms with Crippen molar-refractivity contribution in [2.24, 2.45) is 5.73 Å². The van der Waals surface area contributed by atoms with E-state index in [1.54, 1.807) is 16.8 Å². The number of rotatable bonds is 4. The number of carbonyl (C=O) groups is 1. The molecule has 1 unspecified atom stereocenters. The lowest BCUT2D eigenvalue weighted by molar-refractivity contribution is -0.131. The normalized spacial score (nSPS) is 18.1. The zero-order chi connectivity index (χ0) is 11.4. The van der Waals surface area contributed by atoms with Gasteiger partial charge in [-0.15, -0.1) is 36.2 Å². The monoisotopic (exact) mass is 311 g/mol. The van der Waals surface area contributed by atoms with Crippen LogP contribution >= 0.6 is 36.2 Å². The molecule has 1 atom stereocenters. The van der Waals surface area contributed by atoms with Gasteiger partial charge in [-0.2, -0.15) is 0 Å². The van der Waals surface area contributed by atoms with Gasteiger partial charge in [-0.25, -0.2) is 4.98 Å². The lowest BCUT2D eigenvalue weighted by Crippen LogP contribution is -2.40. The number of thiazole rings is 1. The lowest BCUT2D eigenvalue weighted by atomic mass is 10.2. The standard InChI is InChI=1S/C11H17N3OS.2ClH/c12-6-10-2-1-5-14(10)11(15)4-3-9-7-16-8-13-9;;/h7-8,10H,1-6,12H2;2*1H. The van der Waals surface area contributed by atoms with Crippen LogP contribution in [0.4, 0.5) is 0 Å². The van der Waals surface area contributed by atoms with Crippen LogP contribution in [0.3, 0.4) is 0 Å². The number of carbonyl (C=O) groups excluding carboxylic acids is 1. The van der Waals surface area contributed by atoms with Crippen LogP contribution in [0, 0.1) is 0 Å². The second-order valence-electron chi connectivity index (χ2n) is 4.10. The second kappa shape index (κ2) is 8.69. The Morgan fingerprint density at radius 1 is 1.56 bits per heavy atom. The van der Waals surface area contributed by atoms with Gasteiger partial charge in [0.25, 0.3) is 0 Å². The molecule has 1 fully saturated rings. The van der Waals surface area contributed by atoms with Gasteiger partial charge in [0, 0.05) is 30.9 Å². The molecular formula is C11H19Cl2N3OS. The van der Waals surface area contributed by atoms with Crippen molar-refractivity contribution in [3.8, 4) is 0 Å². The zero-order valence-corrected chi connectivity index (χ0v) is 12.5. The third kappa shape index (κ3) is 4.39. The molecule has 1 amide bonds. The summed E-state index contributed by atoms with van der Waals surface area (Å²) < 4.78 is 0. The highest BCUT2D eigenvalue weighted by Gasteiger charge is 2.26. The highest BCUT2D eigenvalue weighted by atomic mass is 35.5. The Morgan fingerprint density at radius 3 is 2.94 bits per heavy atom. The predicted octanol–water partition coefficient (Wildman–Crippen LogP) is 1.87. The maximum Gasteiger partial charge on any atom is 0.223 e. The summed E-state index contributed by atoms with van der Waals surface area (Å²) >= 11 is 1.57. The smallest absolute Gasteiger partial charge is 0.223 e. The summed E-state index contributed by atoms with van der Waals surface area (Å²) in [5.74, 6) is 0.223. The van der Waals surface area contributed by atoms with E-state index in [-0.39, 0.29) is 36.8 Å². The number of nitrogens with two attached hydrogens (primary N) is 1. The predicted molar refractivity (Wildman–Crippen MR) is 78.7 cm³/mol. The highest BCUT2D eigenvalue weighted by molar-refractivity contribution is 7.07. The van der Waals surface area contributed by atoms with Gasteiger partial charge in [0.05, 0.1) is 11.2 Å². The zero-order valence-electron chi connectivity index (χ0n) is 10.1. The maximum atomic E-state index is 12.0. The minimum absolute atomic E-state index is 0. The lowest BCUT2D eigenvalue weighted by Gasteiger charge is -2.23. The van der Waals surface area contributed by atoms with Crippen molar-refractivity contribution in [3.05, 3.63) is 16.6 Å². The highest BCUT2D eigenvalue weighted by Crippen LogP contribution is 2.17. The van der Waals surface area contributed by atoms with Gasteiger partial charge in [0.2, 0.25) is 5.91 Å². The van der Waals surface area contributed by atoms with Crippen LogP contribution in [0.25, 0.3) is 0 Å². The molecule has 1 aromatic rings. The molecule has 0 saturated carbocycles. The van der Waals surface area contributed by atoms with Crippen molar-refractivity contribution in [3.63, 3.8) is 0 Å². The van der Waals surface area contributed by atoms with Gasteiger partial charge >= 0.3 is 0 Å². The van der Waals surface area contributed by atoms with Crippen molar-refractivity contribution in [2.75, 3.05) is 13.1 Å². The number of halogens is 2. The molecule has 104 valence electrons. The maximum absolute atomic E-state index is 12.0. The van der Waals surface area contributed by atoms with Crippen LogP contribution < -0.4 is 5.73 Å². The number of aromatic nitrogens is 1. The largest absolute Gasteiger partial charge is 0.338 e. The van der Waals surface area contributed by atoms with Crippen molar-refractivity contribution in [1.82, 2.24) is 9.88 Å². The van der Waals surface area contributed by atoms with Gasteiger partial charge in [-0.3, -0.25) is 4.79 Å². The molecule has 2 rings (SSSR count). The van der Waals surface area contributed by atoms with Crippen LogP contribution in [-0.2, 0) is 11.2 Å². The van der Waals surface area contributed by atoms with E-state index < -0.39 is 0 Å². The van der Waals surface area contributed by atoms with E-state index >= 15 is 0 Å². The first-order valence-corrected chi connectivity index (χ1v) is 6.62. The van der Waals surface area contributed by atoms with Gasteiger partial charge in [0.15, 0.2) is 0 Å². The molecule has 1 saturated heterocycles. The molecule has 4 nitrogen and oxygen atoms in total. The topological polar surface area (TPSA) is 59.2 Å². The summed E-state index contributed by atoms with van der Waals surface area (Å²) in [5.41, 5.74) is 8.47. The van der Waals surface area contributed by atoms with Crippen molar-refractivity contribution < 1.29 is 4.79 Å². The first-order valence-electron chi connectivity index (χ1n) is 5.68. The second-order valence-corrected chi connectivity index (χ2v) is 4.82. The Balaban J connectivity index is 0.00000144. The molecule has 1 aliphatic rings. The van der Waals surface area contributed by atoms with E-state index in [1.165, 1.54) is 0 Å². The molecule has 0 aliphatic carbocycles. The Labute approximate surface area is 124 Å². The molecule has 0 aromatic carbocycles. The average Bonchev–Trinajstić information content (AvgIpc) is 2.96. The van der Waals surface area contributed by atoms with E-state index in [0.717, 1.165) is 31.5 Å². The Kier molecular flexibility index (Phi) is 8.52. The third-order valence-electron chi connectivity index (χ3n) is 3.05. The van der Waals surface area contributed by atoms with E-state index in [4.69, 9.17) is 5.73 Å². The SMILES string of the molecule is Cl.Cl.NCC1CCCN1C(=O)CCc1cscn1. The molecule has 18 heavy (non-hydrogen) atoms. The molecule has 0 bridgehead atoms. The first kappa shape index (κ1) is 17.6. The molecule has 7 heteroatoms. The summed E-state index contributed by atoms with van der Waals surface area (Å²) in [7, 11) is 0. The van der Waals surface area contributed by atoms with Crippen molar-refractivity contribution in [2.45, 2.75) is 31.7 Å². The van der Waals surface area contributed by atoms with E-state index in [2.05, 4.69) is 4.98 Å². The molecule has 2 N–H and O–H groups in total. The van der Waals surface area contributed by atoms with Crippen LogP contribution in [0.5, 0.6) is 0 Å². The van der Waals surface area contributed by atoms with Crippen LogP contribution in [0.1, 0.15) is 25.0 Å². The number of hydrogen-bond acceptors (Lipinski definition) is 4. The van der Waals surface area contributed by atoms with Crippen LogP contribution in [0.2, 0.25) is 0 Å². The fourth-order valence-electron chi connectivity index (χ4n) is 2.15. The van der Waals surface area contributed by atoms with Crippen LogP contribution in [0.15, 0.2) is 10.9 Å². The van der Waals surface area contributed by atoms with Crippen LogP contribution in [-0.4, -0.2) is 34.9 Å². The number of amides is 1. The van der Waals surface area contributed by atoms with Crippen molar-refractivity contribution >= 4 is 42.1 Å². The Morgan fingerprint density at radius 2 is 2.33 bits per heavy atom. The third-order valence-corrected chi connectivity index (χ3v) is 3.68. The molecule has 0 radical (unpaired) electrons. The fraction of sp³-hybridized carbons (Fsp3) is 0.636. The minimum atomic E-state index is 0. The fourth-order valence-corrected chi connectivity index (χ4v) is 2.74. The molecular weight excluding hydrogens is 293 g/mol. The van der Waals surface area contributed by atoms with Gasteiger partial charge in [-0.1, -0.05) is 0 Å². The van der Waals surface area contributed by atoms with Crippen molar-refractivity contribution in [1.29, 1.82) is 0 Å².